The minimum absolute atomic E-state index is 0.0232. The number of rotatable bonds is 10. The van der Waals surface area contributed by atoms with Crippen LogP contribution in [0.2, 0.25) is 0 Å². The topological polar surface area (TPSA) is 126 Å². The molecule has 7 rings (SSSR count). The van der Waals surface area contributed by atoms with E-state index in [0.29, 0.717) is 35.8 Å². The maximum Gasteiger partial charge on any atom is 0.335 e. The Kier molecular flexibility index (Phi) is 8.61. The lowest BCUT2D eigenvalue weighted by Gasteiger charge is -2.32. The fraction of sp³-hybridized carbons (Fsp3) is 0.306. The summed E-state index contributed by atoms with van der Waals surface area (Å²) in [5.74, 6) is 0.0845. The molecule has 0 unspecified atom stereocenters. The highest BCUT2D eigenvalue weighted by molar-refractivity contribution is 5.99. The molecule has 238 valence electrons. The molecule has 0 amide bonds. The van der Waals surface area contributed by atoms with Gasteiger partial charge < -0.3 is 19.1 Å². The third-order valence-electron chi connectivity index (χ3n) is 8.97. The van der Waals surface area contributed by atoms with E-state index in [4.69, 9.17) is 24.7 Å². The van der Waals surface area contributed by atoms with Crippen molar-refractivity contribution in [2.75, 3.05) is 19.7 Å². The predicted molar refractivity (Wildman–Crippen MR) is 171 cm³/mol. The van der Waals surface area contributed by atoms with Gasteiger partial charge in [0.25, 0.3) is 0 Å². The number of benzene rings is 2. The van der Waals surface area contributed by atoms with Gasteiger partial charge in [0, 0.05) is 41.6 Å². The van der Waals surface area contributed by atoms with E-state index in [-0.39, 0.29) is 29.8 Å². The first-order valence-corrected chi connectivity index (χ1v) is 15.8. The average Bonchev–Trinajstić information content (AvgIpc) is 3.42. The summed E-state index contributed by atoms with van der Waals surface area (Å²) in [6.45, 7) is 3.65. The van der Waals surface area contributed by atoms with Gasteiger partial charge >= 0.3 is 5.97 Å². The zero-order valence-corrected chi connectivity index (χ0v) is 25.7. The van der Waals surface area contributed by atoms with E-state index < -0.39 is 11.8 Å². The van der Waals surface area contributed by atoms with E-state index in [1.807, 2.05) is 36.4 Å². The molecule has 0 aliphatic carbocycles. The van der Waals surface area contributed by atoms with Gasteiger partial charge in [-0.25, -0.2) is 19.2 Å². The number of ether oxygens (including phenoxy) is 2. The molecule has 2 saturated heterocycles. The minimum Gasteiger partial charge on any atom is -0.478 e. The quantitative estimate of drug-likeness (QED) is 0.199. The van der Waals surface area contributed by atoms with Gasteiger partial charge in [0.2, 0.25) is 5.88 Å². The van der Waals surface area contributed by atoms with Crippen LogP contribution >= 0.6 is 0 Å². The van der Waals surface area contributed by atoms with E-state index in [1.165, 1.54) is 6.07 Å². The van der Waals surface area contributed by atoms with Crippen LogP contribution in [0.15, 0.2) is 72.9 Å². The molecule has 0 radical (unpaired) electrons. The summed E-state index contributed by atoms with van der Waals surface area (Å²) in [7, 11) is 0. The SMILES string of the molecule is N#Cc1ccc(COc2cccc(C3CCN(Cc4nc5c(-c6ccccn6)cc(C(=O)O)cc5n4C[C@@H]4CCO4)CC3)n2)c(F)c1. The van der Waals surface area contributed by atoms with Crippen molar-refractivity contribution in [3.63, 3.8) is 0 Å². The van der Waals surface area contributed by atoms with Crippen molar-refractivity contribution in [2.24, 2.45) is 0 Å². The Bertz CT molecular complexity index is 1960. The summed E-state index contributed by atoms with van der Waals surface area (Å²) < 4.78 is 28.1. The number of carbonyl (C=O) groups is 1. The van der Waals surface area contributed by atoms with E-state index in [2.05, 4.69) is 14.5 Å². The second kappa shape index (κ2) is 13.3. The van der Waals surface area contributed by atoms with Crippen LogP contribution in [0, 0.1) is 17.1 Å². The number of imidazole rings is 1. The van der Waals surface area contributed by atoms with Gasteiger partial charge in [-0.3, -0.25) is 9.88 Å². The molecule has 3 aromatic heterocycles. The number of aromatic nitrogens is 4. The molecule has 0 spiro atoms. The first kappa shape index (κ1) is 30.5. The number of carboxylic acids is 1. The van der Waals surface area contributed by atoms with Crippen LogP contribution in [0.1, 0.15) is 58.2 Å². The van der Waals surface area contributed by atoms with E-state index in [1.54, 1.807) is 36.5 Å². The molecular weight excluding hydrogens is 599 g/mol. The zero-order valence-electron chi connectivity index (χ0n) is 25.7. The lowest BCUT2D eigenvalue weighted by molar-refractivity contribution is -0.0592. The Morgan fingerprint density at radius 2 is 1.91 bits per heavy atom. The Morgan fingerprint density at radius 1 is 1.06 bits per heavy atom. The van der Waals surface area contributed by atoms with Gasteiger partial charge in [0.15, 0.2) is 0 Å². The van der Waals surface area contributed by atoms with Crippen LogP contribution in [0.25, 0.3) is 22.3 Å². The number of fused-ring (bicyclic) bond motifs is 1. The molecule has 2 aliphatic rings. The Labute approximate surface area is 271 Å². The van der Waals surface area contributed by atoms with Crippen molar-refractivity contribution in [2.45, 2.75) is 51.0 Å². The lowest BCUT2D eigenvalue weighted by atomic mass is 9.93. The van der Waals surface area contributed by atoms with Crippen LogP contribution in [0.5, 0.6) is 5.88 Å². The second-order valence-electron chi connectivity index (χ2n) is 12.0. The van der Waals surface area contributed by atoms with Gasteiger partial charge in [0.1, 0.15) is 18.2 Å². The molecule has 10 nitrogen and oxygen atoms in total. The highest BCUT2D eigenvalue weighted by Gasteiger charge is 2.27. The summed E-state index contributed by atoms with van der Waals surface area (Å²) in [5.41, 5.74) is 4.66. The van der Waals surface area contributed by atoms with E-state index >= 15 is 0 Å². The van der Waals surface area contributed by atoms with Crippen molar-refractivity contribution in [3.8, 4) is 23.2 Å². The first-order chi connectivity index (χ1) is 22.9. The maximum atomic E-state index is 14.3. The first-order valence-electron chi connectivity index (χ1n) is 15.8. The summed E-state index contributed by atoms with van der Waals surface area (Å²) in [6.07, 6.45) is 4.51. The van der Waals surface area contributed by atoms with Crippen molar-refractivity contribution in [1.29, 1.82) is 5.26 Å². The number of pyridine rings is 2. The standard InChI is InChI=1S/C36H33FN6O4/c37-29-16-23(19-38)7-8-25(29)22-47-34-6-3-5-30(40-34)24-9-13-42(14-10-24)21-33-41-35-28(31-4-1-2-12-39-31)17-26(36(44)45)18-32(35)43(33)20-27-11-15-46-27/h1-8,12,16-18,24,27H,9-11,13-15,20-22H2,(H,44,45)/t27-/m0/s1. The molecule has 2 aromatic carbocycles. The molecule has 47 heavy (non-hydrogen) atoms. The average molecular weight is 633 g/mol. The summed E-state index contributed by atoms with van der Waals surface area (Å²) in [5, 5.41) is 18.9. The second-order valence-corrected chi connectivity index (χ2v) is 12.0. The zero-order chi connectivity index (χ0) is 32.3. The monoisotopic (exact) mass is 632 g/mol. The molecule has 11 heteroatoms. The third kappa shape index (κ3) is 6.56. The number of hydrogen-bond donors (Lipinski definition) is 1. The lowest BCUT2D eigenvalue weighted by Crippen LogP contribution is -2.35. The molecular formula is C36H33FN6O4. The molecule has 5 heterocycles. The number of nitrogens with zero attached hydrogens (tertiary/aromatic N) is 6. The summed E-state index contributed by atoms with van der Waals surface area (Å²) in [6, 6.07) is 20.9. The Balaban J connectivity index is 1.08. The fourth-order valence-electron chi connectivity index (χ4n) is 6.28. The molecule has 2 aliphatic heterocycles. The fourth-order valence-corrected chi connectivity index (χ4v) is 6.28. The number of aromatic carboxylic acids is 1. The molecule has 0 saturated carbocycles. The number of hydrogen-bond acceptors (Lipinski definition) is 8. The smallest absolute Gasteiger partial charge is 0.335 e. The Morgan fingerprint density at radius 3 is 2.62 bits per heavy atom. The number of likely N-dealkylation sites (tertiary alicyclic amines) is 1. The highest BCUT2D eigenvalue weighted by Crippen LogP contribution is 2.33. The highest BCUT2D eigenvalue weighted by atomic mass is 19.1. The largest absolute Gasteiger partial charge is 0.478 e. The number of piperidine rings is 1. The summed E-state index contributed by atoms with van der Waals surface area (Å²) in [4.78, 5) is 28.9. The van der Waals surface area contributed by atoms with Crippen LogP contribution in [0.3, 0.4) is 0 Å². The minimum atomic E-state index is -0.996. The molecule has 5 aromatic rings. The van der Waals surface area contributed by atoms with Crippen LogP contribution in [-0.2, 0) is 24.4 Å². The van der Waals surface area contributed by atoms with Gasteiger partial charge in [-0.1, -0.05) is 18.2 Å². The Hall–Kier alpha value is -5.18. The van der Waals surface area contributed by atoms with Gasteiger partial charge in [-0.2, -0.15) is 5.26 Å². The van der Waals surface area contributed by atoms with Crippen LogP contribution in [-0.4, -0.2) is 61.3 Å². The van der Waals surface area contributed by atoms with Crippen LogP contribution < -0.4 is 4.74 Å². The van der Waals surface area contributed by atoms with Gasteiger partial charge in [0.05, 0.1) is 53.1 Å². The summed E-state index contributed by atoms with van der Waals surface area (Å²) >= 11 is 0. The van der Waals surface area contributed by atoms with Crippen molar-refractivity contribution < 1.29 is 23.8 Å². The van der Waals surface area contributed by atoms with E-state index in [9.17, 15) is 14.3 Å². The predicted octanol–water partition coefficient (Wildman–Crippen LogP) is 5.95. The van der Waals surface area contributed by atoms with Crippen LogP contribution in [0.4, 0.5) is 4.39 Å². The molecule has 1 atom stereocenters. The van der Waals surface area contributed by atoms with Crippen molar-refractivity contribution in [3.05, 3.63) is 107 Å². The molecule has 2 fully saturated rings. The maximum absolute atomic E-state index is 14.3. The van der Waals surface area contributed by atoms with Gasteiger partial charge in [-0.15, -0.1) is 0 Å². The normalized spacial score (nSPS) is 16.9. The van der Waals surface area contributed by atoms with Gasteiger partial charge in [-0.05, 0) is 74.8 Å². The van der Waals surface area contributed by atoms with E-state index in [0.717, 1.165) is 61.5 Å². The molecule has 0 bridgehead atoms. The number of nitriles is 1. The number of halogens is 1. The third-order valence-corrected chi connectivity index (χ3v) is 8.97. The molecule has 1 N–H and O–H groups in total. The van der Waals surface area contributed by atoms with Crippen molar-refractivity contribution in [1.82, 2.24) is 24.4 Å². The van der Waals surface area contributed by atoms with Crippen molar-refractivity contribution >= 4 is 17.0 Å². The number of carboxylic acid groups (broad SMARTS) is 1.